The van der Waals surface area contributed by atoms with Crippen LogP contribution in [0.25, 0.3) is 0 Å². The molecule has 1 saturated heterocycles. The second-order valence-electron chi connectivity index (χ2n) is 4.61. The van der Waals surface area contributed by atoms with Crippen molar-refractivity contribution >= 4 is 27.3 Å². The molecule has 0 unspecified atom stereocenters. The van der Waals surface area contributed by atoms with Crippen LogP contribution in [-0.2, 0) is 4.74 Å². The highest BCUT2D eigenvalue weighted by atomic mass is 79.9. The topological polar surface area (TPSA) is 58.7 Å². The fraction of sp³-hybridized carbons (Fsp3) is 0.538. The monoisotopic (exact) mass is 332 g/mol. The lowest BCUT2D eigenvalue weighted by molar-refractivity contribution is 0.0159. The fourth-order valence-electron chi connectivity index (χ4n) is 2.31. The minimum Gasteiger partial charge on any atom is -0.397 e. The summed E-state index contributed by atoms with van der Waals surface area (Å²) in [5, 5.41) is 8.73. The molecule has 0 radical (unpaired) electrons. The number of hydrogen-bond acceptors (Lipinski definition) is 4. The van der Waals surface area contributed by atoms with Gasteiger partial charge in [-0.3, -0.25) is 0 Å². The number of nitrogens with zero attached hydrogens (tertiary/aromatic N) is 1. The van der Waals surface area contributed by atoms with E-state index in [1.807, 2.05) is 0 Å². The zero-order valence-electron chi connectivity index (χ0n) is 10.6. The van der Waals surface area contributed by atoms with Crippen molar-refractivity contribution in [2.24, 2.45) is 0 Å². The number of hydrogen-bond donors (Lipinski definition) is 2. The molecule has 1 aromatic carbocycles. The van der Waals surface area contributed by atoms with Crippen LogP contribution in [0.5, 0.6) is 0 Å². The number of aliphatic hydroxyl groups excluding tert-OH is 1. The van der Waals surface area contributed by atoms with Gasteiger partial charge < -0.3 is 20.5 Å². The molecule has 0 amide bonds. The molecule has 0 atom stereocenters. The quantitative estimate of drug-likeness (QED) is 0.829. The van der Waals surface area contributed by atoms with Crippen molar-refractivity contribution in [1.82, 2.24) is 0 Å². The highest BCUT2D eigenvalue weighted by Crippen LogP contribution is 2.31. The van der Waals surface area contributed by atoms with E-state index in [0.29, 0.717) is 16.8 Å². The van der Waals surface area contributed by atoms with Crippen LogP contribution in [0.3, 0.4) is 0 Å². The van der Waals surface area contributed by atoms with E-state index in [4.69, 9.17) is 15.6 Å². The van der Waals surface area contributed by atoms with Gasteiger partial charge in [0.2, 0.25) is 0 Å². The molecule has 6 heteroatoms. The maximum Gasteiger partial charge on any atom is 0.139 e. The Morgan fingerprint density at radius 3 is 2.74 bits per heavy atom. The maximum absolute atomic E-state index is 13.3. The molecule has 0 bridgehead atoms. The van der Waals surface area contributed by atoms with Crippen molar-refractivity contribution in [2.45, 2.75) is 18.9 Å². The molecule has 1 aromatic rings. The number of ether oxygens (including phenoxy) is 1. The van der Waals surface area contributed by atoms with Crippen LogP contribution in [0.1, 0.15) is 12.8 Å². The van der Waals surface area contributed by atoms with E-state index >= 15 is 0 Å². The second-order valence-corrected chi connectivity index (χ2v) is 5.46. The normalized spacial score (nSPS) is 16.9. The lowest BCUT2D eigenvalue weighted by Gasteiger charge is -2.34. The molecule has 106 valence electrons. The summed E-state index contributed by atoms with van der Waals surface area (Å²) in [6, 6.07) is 3.06. The van der Waals surface area contributed by atoms with E-state index in [1.54, 1.807) is 6.07 Å². The van der Waals surface area contributed by atoms with Gasteiger partial charge in [0.1, 0.15) is 5.82 Å². The van der Waals surface area contributed by atoms with Crippen molar-refractivity contribution in [3.63, 3.8) is 0 Å². The van der Waals surface area contributed by atoms with Crippen molar-refractivity contribution in [3.8, 4) is 0 Å². The molecule has 1 fully saturated rings. The van der Waals surface area contributed by atoms with Gasteiger partial charge in [-0.25, -0.2) is 4.39 Å². The molecule has 0 saturated carbocycles. The van der Waals surface area contributed by atoms with Crippen LogP contribution in [0, 0.1) is 5.82 Å². The van der Waals surface area contributed by atoms with Crippen LogP contribution in [0.2, 0.25) is 0 Å². The van der Waals surface area contributed by atoms with E-state index in [9.17, 15) is 4.39 Å². The third-order valence-electron chi connectivity index (χ3n) is 3.30. The van der Waals surface area contributed by atoms with Gasteiger partial charge in [-0.1, -0.05) is 0 Å². The molecule has 0 aromatic heterocycles. The highest BCUT2D eigenvalue weighted by molar-refractivity contribution is 9.10. The highest BCUT2D eigenvalue weighted by Gasteiger charge is 2.21. The minimum absolute atomic E-state index is 0.0536. The van der Waals surface area contributed by atoms with Crippen molar-refractivity contribution in [2.75, 3.05) is 36.9 Å². The summed E-state index contributed by atoms with van der Waals surface area (Å²) in [5.74, 6) is -0.345. The third kappa shape index (κ3) is 3.58. The molecule has 19 heavy (non-hydrogen) atoms. The summed E-state index contributed by atoms with van der Waals surface area (Å²) >= 11 is 3.18. The fourth-order valence-corrected chi connectivity index (χ4v) is 2.64. The SMILES string of the molecule is Nc1cc(F)c(Br)cc1N1CCC(OCCO)CC1. The average Bonchev–Trinajstić information content (AvgIpc) is 2.41. The summed E-state index contributed by atoms with van der Waals surface area (Å²) in [6.45, 7) is 2.07. The molecule has 1 aliphatic heterocycles. The molecule has 1 heterocycles. The van der Waals surface area contributed by atoms with Gasteiger partial charge in [0.25, 0.3) is 0 Å². The first-order valence-corrected chi connectivity index (χ1v) is 7.13. The molecule has 0 spiro atoms. The average molecular weight is 333 g/mol. The third-order valence-corrected chi connectivity index (χ3v) is 3.90. The van der Waals surface area contributed by atoms with E-state index in [0.717, 1.165) is 31.6 Å². The second kappa shape index (κ2) is 6.54. The van der Waals surface area contributed by atoms with Crippen molar-refractivity contribution in [1.29, 1.82) is 0 Å². The number of halogens is 2. The number of piperidine rings is 1. The summed E-state index contributed by atoms with van der Waals surface area (Å²) in [4.78, 5) is 2.14. The van der Waals surface area contributed by atoms with E-state index in [2.05, 4.69) is 20.8 Å². The number of aliphatic hydroxyl groups is 1. The van der Waals surface area contributed by atoms with Gasteiger partial charge in [0, 0.05) is 19.2 Å². The number of anilines is 2. The largest absolute Gasteiger partial charge is 0.397 e. The lowest BCUT2D eigenvalue weighted by atomic mass is 10.1. The number of rotatable bonds is 4. The Labute approximate surface area is 120 Å². The molecule has 4 nitrogen and oxygen atoms in total. The van der Waals surface area contributed by atoms with Crippen LogP contribution >= 0.6 is 15.9 Å². The van der Waals surface area contributed by atoms with E-state index in [1.165, 1.54) is 6.07 Å². The van der Waals surface area contributed by atoms with Crippen molar-refractivity contribution < 1.29 is 14.2 Å². The summed E-state index contributed by atoms with van der Waals surface area (Å²) < 4.78 is 19.3. The predicted octanol–water partition coefficient (Wildman–Crippen LogP) is 2.15. The summed E-state index contributed by atoms with van der Waals surface area (Å²) in [5.41, 5.74) is 7.18. The molecular weight excluding hydrogens is 315 g/mol. The first-order chi connectivity index (χ1) is 9.11. The Balaban J connectivity index is 1.99. The van der Waals surface area contributed by atoms with E-state index in [-0.39, 0.29) is 18.5 Å². The Morgan fingerprint density at radius 1 is 1.42 bits per heavy atom. The summed E-state index contributed by atoms with van der Waals surface area (Å²) in [7, 11) is 0. The Bertz CT molecular complexity index is 437. The Hall–Kier alpha value is -0.850. The molecule has 1 aliphatic rings. The Kier molecular flexibility index (Phi) is 5.01. The van der Waals surface area contributed by atoms with Gasteiger partial charge in [-0.2, -0.15) is 0 Å². The van der Waals surface area contributed by atoms with Gasteiger partial charge >= 0.3 is 0 Å². The zero-order chi connectivity index (χ0) is 13.8. The minimum atomic E-state index is -0.345. The summed E-state index contributed by atoms with van der Waals surface area (Å²) in [6.07, 6.45) is 1.96. The standard InChI is InChI=1S/C13H18BrFN2O2/c14-10-7-13(12(16)8-11(10)15)17-3-1-9(2-4-17)19-6-5-18/h7-9,18H,1-6,16H2. The molecule has 0 aliphatic carbocycles. The van der Waals surface area contributed by atoms with Gasteiger partial charge in [-0.05, 0) is 34.8 Å². The number of benzene rings is 1. The van der Waals surface area contributed by atoms with Gasteiger partial charge in [0.05, 0.1) is 35.2 Å². The number of nitrogen functional groups attached to an aromatic ring is 1. The van der Waals surface area contributed by atoms with Crippen molar-refractivity contribution in [3.05, 3.63) is 22.4 Å². The maximum atomic E-state index is 13.3. The van der Waals surface area contributed by atoms with Crippen LogP contribution < -0.4 is 10.6 Å². The first kappa shape index (κ1) is 14.6. The van der Waals surface area contributed by atoms with Gasteiger partial charge in [0.15, 0.2) is 0 Å². The van der Waals surface area contributed by atoms with Gasteiger partial charge in [-0.15, -0.1) is 0 Å². The van der Waals surface area contributed by atoms with Crippen LogP contribution in [0.15, 0.2) is 16.6 Å². The van der Waals surface area contributed by atoms with E-state index < -0.39 is 0 Å². The Morgan fingerprint density at radius 2 is 2.11 bits per heavy atom. The smallest absolute Gasteiger partial charge is 0.139 e. The van der Waals surface area contributed by atoms with Crippen LogP contribution in [-0.4, -0.2) is 37.5 Å². The zero-order valence-corrected chi connectivity index (χ0v) is 12.2. The van der Waals surface area contributed by atoms with Crippen LogP contribution in [0.4, 0.5) is 15.8 Å². The predicted molar refractivity (Wildman–Crippen MR) is 76.8 cm³/mol. The molecule has 2 rings (SSSR count). The molecule has 3 N–H and O–H groups in total. The molecular formula is C13H18BrFN2O2. The first-order valence-electron chi connectivity index (χ1n) is 6.33. The lowest BCUT2D eigenvalue weighted by Crippen LogP contribution is -2.37. The number of nitrogens with two attached hydrogens (primary N) is 1.